The van der Waals surface area contributed by atoms with E-state index in [-0.39, 0.29) is 25.5 Å². The molecule has 0 fully saturated rings. The SMILES string of the molecule is Cc1ccc(C)c(OCCC(=O)NCC(=O)O)c1. The molecule has 2 N–H and O–H groups in total. The van der Waals surface area contributed by atoms with Gasteiger partial charge in [-0.15, -0.1) is 0 Å². The monoisotopic (exact) mass is 251 g/mol. The lowest BCUT2D eigenvalue weighted by Gasteiger charge is -2.09. The Morgan fingerprint density at radius 1 is 1.33 bits per heavy atom. The second-order valence-corrected chi connectivity index (χ2v) is 4.04. The second-order valence-electron chi connectivity index (χ2n) is 4.04. The molecule has 0 bridgehead atoms. The molecule has 0 radical (unpaired) electrons. The molecule has 98 valence electrons. The molecule has 5 nitrogen and oxygen atoms in total. The van der Waals surface area contributed by atoms with Gasteiger partial charge in [0.15, 0.2) is 0 Å². The number of hydrogen-bond donors (Lipinski definition) is 2. The van der Waals surface area contributed by atoms with E-state index >= 15 is 0 Å². The zero-order valence-corrected chi connectivity index (χ0v) is 10.5. The minimum Gasteiger partial charge on any atom is -0.493 e. The van der Waals surface area contributed by atoms with E-state index in [1.54, 1.807) is 0 Å². The van der Waals surface area contributed by atoms with Crippen LogP contribution in [0, 0.1) is 13.8 Å². The van der Waals surface area contributed by atoms with Crippen molar-refractivity contribution in [2.75, 3.05) is 13.2 Å². The Labute approximate surface area is 106 Å². The van der Waals surface area contributed by atoms with Crippen molar-refractivity contribution >= 4 is 11.9 Å². The highest BCUT2D eigenvalue weighted by Crippen LogP contribution is 2.18. The molecule has 0 aliphatic carbocycles. The first-order chi connectivity index (χ1) is 8.49. The molecule has 1 aromatic carbocycles. The van der Waals surface area contributed by atoms with E-state index in [2.05, 4.69) is 5.32 Å². The molecule has 0 atom stereocenters. The van der Waals surface area contributed by atoms with Gasteiger partial charge in [0, 0.05) is 0 Å². The lowest BCUT2D eigenvalue weighted by atomic mass is 10.1. The quantitative estimate of drug-likeness (QED) is 0.798. The van der Waals surface area contributed by atoms with E-state index in [0.717, 1.165) is 16.9 Å². The van der Waals surface area contributed by atoms with Gasteiger partial charge in [0.2, 0.25) is 5.91 Å². The van der Waals surface area contributed by atoms with Crippen LogP contribution in [-0.2, 0) is 9.59 Å². The number of aryl methyl sites for hydroxylation is 2. The zero-order valence-electron chi connectivity index (χ0n) is 10.5. The number of rotatable bonds is 6. The molecular weight excluding hydrogens is 234 g/mol. The Bertz CT molecular complexity index is 443. The molecule has 0 spiro atoms. The minimum absolute atomic E-state index is 0.140. The van der Waals surface area contributed by atoms with E-state index in [9.17, 15) is 9.59 Å². The molecule has 5 heteroatoms. The Morgan fingerprint density at radius 2 is 2.06 bits per heavy atom. The fraction of sp³-hybridized carbons (Fsp3) is 0.385. The van der Waals surface area contributed by atoms with E-state index in [4.69, 9.17) is 9.84 Å². The first kappa shape index (κ1) is 14.0. The van der Waals surface area contributed by atoms with Crippen molar-refractivity contribution in [1.82, 2.24) is 5.32 Å². The van der Waals surface area contributed by atoms with Gasteiger partial charge in [0.1, 0.15) is 12.3 Å². The summed E-state index contributed by atoms with van der Waals surface area (Å²) in [5, 5.41) is 10.7. The summed E-state index contributed by atoms with van der Waals surface area (Å²) in [7, 11) is 0. The normalized spacial score (nSPS) is 9.89. The molecular formula is C13H17NO4. The third kappa shape index (κ3) is 4.86. The summed E-state index contributed by atoms with van der Waals surface area (Å²) in [4.78, 5) is 21.5. The van der Waals surface area contributed by atoms with Crippen molar-refractivity contribution in [1.29, 1.82) is 0 Å². The van der Waals surface area contributed by atoms with Crippen LogP contribution in [0.1, 0.15) is 17.5 Å². The molecule has 0 saturated carbocycles. The predicted molar refractivity (Wildman–Crippen MR) is 66.7 cm³/mol. The lowest BCUT2D eigenvalue weighted by Crippen LogP contribution is -2.30. The fourth-order valence-corrected chi connectivity index (χ4v) is 1.38. The number of aliphatic carboxylic acids is 1. The van der Waals surface area contributed by atoms with Gasteiger partial charge in [-0.05, 0) is 31.0 Å². The van der Waals surface area contributed by atoms with Crippen molar-refractivity contribution in [3.63, 3.8) is 0 Å². The van der Waals surface area contributed by atoms with Crippen molar-refractivity contribution in [3.05, 3.63) is 29.3 Å². The molecule has 18 heavy (non-hydrogen) atoms. The minimum atomic E-state index is -1.06. The maximum absolute atomic E-state index is 11.2. The topological polar surface area (TPSA) is 75.6 Å². The number of ether oxygens (including phenoxy) is 1. The van der Waals surface area contributed by atoms with Gasteiger partial charge >= 0.3 is 5.97 Å². The molecule has 0 aliphatic rings. The standard InChI is InChI=1S/C13H17NO4/c1-9-3-4-10(2)11(7-9)18-6-5-12(15)14-8-13(16)17/h3-4,7H,5-6,8H2,1-2H3,(H,14,15)(H,16,17). The first-order valence-corrected chi connectivity index (χ1v) is 5.67. The highest BCUT2D eigenvalue weighted by Gasteiger charge is 2.05. The largest absolute Gasteiger partial charge is 0.493 e. The Hall–Kier alpha value is -2.04. The molecule has 1 amide bonds. The fourth-order valence-electron chi connectivity index (χ4n) is 1.38. The number of amides is 1. The van der Waals surface area contributed by atoms with Crippen molar-refractivity contribution < 1.29 is 19.4 Å². The van der Waals surface area contributed by atoms with Crippen LogP contribution < -0.4 is 10.1 Å². The summed E-state index contributed by atoms with van der Waals surface area (Å²) in [6.07, 6.45) is 0.140. The van der Waals surface area contributed by atoms with Gasteiger partial charge in [-0.1, -0.05) is 12.1 Å². The highest BCUT2D eigenvalue weighted by molar-refractivity contribution is 5.81. The predicted octanol–water partition coefficient (Wildman–Crippen LogP) is 1.27. The van der Waals surface area contributed by atoms with Crippen LogP contribution >= 0.6 is 0 Å². The van der Waals surface area contributed by atoms with Crippen molar-refractivity contribution in [3.8, 4) is 5.75 Å². The summed E-state index contributed by atoms with van der Waals surface area (Å²) < 4.78 is 5.49. The third-order valence-corrected chi connectivity index (χ3v) is 2.37. The Kier molecular flexibility index (Phi) is 5.17. The molecule has 1 rings (SSSR count). The number of benzene rings is 1. The summed E-state index contributed by atoms with van der Waals surface area (Å²) in [6.45, 7) is 3.77. The van der Waals surface area contributed by atoms with Gasteiger partial charge in [-0.2, -0.15) is 0 Å². The third-order valence-electron chi connectivity index (χ3n) is 2.37. The summed E-state index contributed by atoms with van der Waals surface area (Å²) >= 11 is 0. The number of carboxylic acids is 1. The van der Waals surface area contributed by atoms with Gasteiger partial charge in [0.25, 0.3) is 0 Å². The van der Waals surface area contributed by atoms with Crippen LogP contribution in [0.4, 0.5) is 0 Å². The van der Waals surface area contributed by atoms with Crippen LogP contribution in [0.5, 0.6) is 5.75 Å². The molecule has 0 heterocycles. The molecule has 0 aromatic heterocycles. The number of carboxylic acid groups (broad SMARTS) is 1. The molecule has 0 saturated heterocycles. The maximum atomic E-state index is 11.2. The van der Waals surface area contributed by atoms with Crippen molar-refractivity contribution in [2.24, 2.45) is 0 Å². The second kappa shape index (κ2) is 6.64. The van der Waals surface area contributed by atoms with Gasteiger partial charge in [0.05, 0.1) is 13.0 Å². The summed E-state index contributed by atoms with van der Waals surface area (Å²) in [6, 6.07) is 5.85. The van der Waals surface area contributed by atoms with E-state index in [0.29, 0.717) is 0 Å². The summed E-state index contributed by atoms with van der Waals surface area (Å²) in [5.41, 5.74) is 2.09. The average Bonchev–Trinajstić information content (AvgIpc) is 2.31. The summed E-state index contributed by atoms with van der Waals surface area (Å²) in [5.74, 6) is -0.637. The molecule has 0 aliphatic heterocycles. The maximum Gasteiger partial charge on any atom is 0.322 e. The van der Waals surface area contributed by atoms with E-state index in [1.807, 2.05) is 32.0 Å². The van der Waals surface area contributed by atoms with E-state index in [1.165, 1.54) is 0 Å². The van der Waals surface area contributed by atoms with Crippen molar-refractivity contribution in [2.45, 2.75) is 20.3 Å². The van der Waals surface area contributed by atoms with Crippen LogP contribution in [0.2, 0.25) is 0 Å². The first-order valence-electron chi connectivity index (χ1n) is 5.67. The van der Waals surface area contributed by atoms with Gasteiger partial charge in [-0.25, -0.2) is 0 Å². The van der Waals surface area contributed by atoms with Gasteiger partial charge < -0.3 is 15.2 Å². The van der Waals surface area contributed by atoms with Crippen LogP contribution in [0.25, 0.3) is 0 Å². The Morgan fingerprint density at radius 3 is 2.72 bits per heavy atom. The molecule has 0 unspecified atom stereocenters. The Balaban J connectivity index is 2.35. The average molecular weight is 251 g/mol. The highest BCUT2D eigenvalue weighted by atomic mass is 16.5. The zero-order chi connectivity index (χ0) is 13.5. The number of hydrogen-bond acceptors (Lipinski definition) is 3. The number of nitrogens with one attached hydrogen (secondary N) is 1. The number of carbonyl (C=O) groups is 2. The van der Waals surface area contributed by atoms with Crippen LogP contribution in [0.15, 0.2) is 18.2 Å². The smallest absolute Gasteiger partial charge is 0.322 e. The van der Waals surface area contributed by atoms with Gasteiger partial charge in [-0.3, -0.25) is 9.59 Å². The van der Waals surface area contributed by atoms with E-state index < -0.39 is 5.97 Å². The molecule has 1 aromatic rings. The van der Waals surface area contributed by atoms with Crippen LogP contribution in [0.3, 0.4) is 0 Å². The number of carbonyl (C=O) groups excluding carboxylic acids is 1. The van der Waals surface area contributed by atoms with Crippen LogP contribution in [-0.4, -0.2) is 30.1 Å². The lowest BCUT2D eigenvalue weighted by molar-refractivity contribution is -0.138.